The fourth-order valence-corrected chi connectivity index (χ4v) is 9.18. The number of primary amides is 1. The molecule has 2 heterocycles. The van der Waals surface area contributed by atoms with Crippen LogP contribution in [-0.4, -0.2) is 194 Å². The van der Waals surface area contributed by atoms with Gasteiger partial charge in [0.05, 0.1) is 50.8 Å². The van der Waals surface area contributed by atoms with E-state index in [1.54, 1.807) is 13.8 Å². The van der Waals surface area contributed by atoms with Gasteiger partial charge in [0.15, 0.2) is 0 Å². The number of phenols is 2. The summed E-state index contributed by atoms with van der Waals surface area (Å²) in [7, 11) is 0. The van der Waals surface area contributed by atoms with Gasteiger partial charge < -0.3 is 106 Å². The molecular weight excluding hydrogens is 1230 g/mol. The number of rotatable bonds is 42. The van der Waals surface area contributed by atoms with Crippen LogP contribution in [0.2, 0.25) is 0 Å². The van der Waals surface area contributed by atoms with Crippen LogP contribution in [0.5, 0.6) is 11.5 Å². The molecule has 4 aromatic rings. The van der Waals surface area contributed by atoms with Crippen LogP contribution in [-0.2, 0) is 88.0 Å². The van der Waals surface area contributed by atoms with Gasteiger partial charge in [0.2, 0.25) is 70.9 Å². The molecule has 0 aliphatic rings. The molecule has 4 rings (SSSR count). The lowest BCUT2D eigenvalue weighted by molar-refractivity contribution is -0.135. The first-order valence-electron chi connectivity index (χ1n) is 30.4. The van der Waals surface area contributed by atoms with E-state index in [9.17, 15) is 72.5 Å². The SMILES string of the molecule is CC(NC(=O)C(Cc1cnc[nH]1)NC(=O)C(NC(=O)CNC(=O)C(CC(N)=O)NC(=O)CNC(=O)C(Cc1ccc(O)cc1)NC(=O)C(Cc1ccc(O)cc1)NC(=O)C(N)CCCCN)C(C)C)C(=O)NCC(=O)NC(CCCCN)C(=O)NC(C=O)Cc1cnc[nH]1. The van der Waals surface area contributed by atoms with Crippen LogP contribution in [0.25, 0.3) is 0 Å². The summed E-state index contributed by atoms with van der Waals surface area (Å²) in [5.74, 6) is -11.4. The summed E-state index contributed by atoms with van der Waals surface area (Å²) >= 11 is 0. The van der Waals surface area contributed by atoms with Gasteiger partial charge in [0.25, 0.3) is 0 Å². The molecule has 0 bridgehead atoms. The maximum absolute atomic E-state index is 14.1. The van der Waals surface area contributed by atoms with Gasteiger partial charge >= 0.3 is 0 Å². The summed E-state index contributed by atoms with van der Waals surface area (Å²) in [5.41, 5.74) is 24.7. The van der Waals surface area contributed by atoms with Gasteiger partial charge in [0.1, 0.15) is 60.1 Å². The van der Waals surface area contributed by atoms with Gasteiger partial charge in [-0.3, -0.25) is 57.5 Å². The predicted octanol–water partition coefficient (Wildman–Crippen LogP) is -5.62. The number of nitrogens with one attached hydrogen (secondary N) is 13. The van der Waals surface area contributed by atoms with E-state index in [-0.39, 0.29) is 50.0 Å². The Hall–Kier alpha value is -10.3. The Labute approximate surface area is 541 Å². The van der Waals surface area contributed by atoms with Crippen molar-refractivity contribution in [3.63, 3.8) is 0 Å². The number of hydrogen-bond acceptors (Lipinski definition) is 20. The first kappa shape index (κ1) is 76.1. The molecule has 0 aliphatic carbocycles. The highest BCUT2D eigenvalue weighted by Crippen LogP contribution is 2.15. The number of amides is 12. The van der Waals surface area contributed by atoms with Crippen molar-refractivity contribution >= 4 is 77.2 Å². The van der Waals surface area contributed by atoms with Crippen LogP contribution in [0.15, 0.2) is 73.6 Å². The lowest BCUT2D eigenvalue weighted by atomic mass is 10.0. The van der Waals surface area contributed by atoms with Crippen molar-refractivity contribution in [1.29, 1.82) is 0 Å². The number of aldehydes is 1. The van der Waals surface area contributed by atoms with Crippen LogP contribution in [0, 0.1) is 5.92 Å². The highest BCUT2D eigenvalue weighted by Gasteiger charge is 2.34. The van der Waals surface area contributed by atoms with Gasteiger partial charge in [-0.1, -0.05) is 44.5 Å². The second-order valence-corrected chi connectivity index (χ2v) is 22.5. The third kappa shape index (κ3) is 27.6. The summed E-state index contributed by atoms with van der Waals surface area (Å²) in [4.78, 5) is 186. The number of aromatic amines is 2. The molecule has 0 aliphatic heterocycles. The number of unbranched alkanes of at least 4 members (excludes halogenated alkanes) is 2. The lowest BCUT2D eigenvalue weighted by Crippen LogP contribution is -2.59. The Morgan fingerprint density at radius 2 is 0.926 bits per heavy atom. The molecule has 0 fully saturated rings. The fourth-order valence-electron chi connectivity index (χ4n) is 9.18. The number of aromatic nitrogens is 4. The predicted molar refractivity (Wildman–Crippen MR) is 337 cm³/mol. The van der Waals surface area contributed by atoms with E-state index >= 15 is 0 Å². The van der Waals surface area contributed by atoms with E-state index in [1.807, 2.05) is 0 Å². The maximum atomic E-state index is 14.1. The van der Waals surface area contributed by atoms with Gasteiger partial charge in [-0.15, -0.1) is 0 Å². The standard InChI is InChI=1S/C60H87N19O15/c1-33(2)52(60(94)78-46(23-38-26-66-32-71-38)58(92)72-34(3)53(87)67-27-49(84)74-43(9-5-7-19-62)57(91)73-39(30-80)22-37-25-65-31-70-37)79-51(86)29-69-56(90)47(24-48(64)83)75-50(85)28-68-55(89)44(20-35-10-14-40(81)15-11-35)77-59(93)45(21-36-12-16-41(82)17-13-36)76-54(88)42(63)8-4-6-18-61/h10-17,25-26,30-34,39,42-47,52,81-82H,4-9,18-24,27-29,61-63H2,1-3H3,(H2,64,83)(H,65,70)(H,66,71)(H,67,87)(H,68,89)(H,69,90)(H,72,92)(H,73,91)(H,74,84)(H,75,85)(H,76,88)(H,77,93)(H,78,94)(H,79,86). The van der Waals surface area contributed by atoms with Crippen LogP contribution >= 0.6 is 0 Å². The highest BCUT2D eigenvalue weighted by molar-refractivity contribution is 5.98. The van der Waals surface area contributed by atoms with Crippen LogP contribution in [0.1, 0.15) is 88.2 Å². The third-order valence-electron chi connectivity index (χ3n) is 14.4. The van der Waals surface area contributed by atoms with Crippen LogP contribution < -0.4 is 81.4 Å². The molecule has 0 saturated heterocycles. The molecule has 0 saturated carbocycles. The van der Waals surface area contributed by atoms with Gasteiger partial charge in [-0.25, -0.2) is 9.97 Å². The largest absolute Gasteiger partial charge is 0.508 e. The number of carbonyl (C=O) groups excluding carboxylic acids is 13. The molecule has 94 heavy (non-hydrogen) atoms. The summed E-state index contributed by atoms with van der Waals surface area (Å²) in [5, 5.41) is 47.0. The summed E-state index contributed by atoms with van der Waals surface area (Å²) in [6.45, 7) is 2.83. The minimum atomic E-state index is -1.72. The van der Waals surface area contributed by atoms with Crippen molar-refractivity contribution in [2.75, 3.05) is 32.7 Å². The Kier molecular flexibility index (Phi) is 32.2. The molecule has 0 spiro atoms. The number of carbonyl (C=O) groups is 13. The quantitative estimate of drug-likeness (QED) is 0.0145. The number of aromatic hydroxyl groups is 2. The average Bonchev–Trinajstić information content (AvgIpc) is 2.74. The number of imidazole rings is 2. The van der Waals surface area contributed by atoms with E-state index in [4.69, 9.17) is 22.9 Å². The normalized spacial score (nSPS) is 13.9. The van der Waals surface area contributed by atoms with Crippen molar-refractivity contribution in [2.45, 2.75) is 146 Å². The second-order valence-electron chi connectivity index (χ2n) is 22.5. The zero-order valence-electron chi connectivity index (χ0n) is 52.5. The lowest BCUT2D eigenvalue weighted by Gasteiger charge is -2.26. The van der Waals surface area contributed by atoms with E-state index in [1.165, 1.54) is 80.5 Å². The summed E-state index contributed by atoms with van der Waals surface area (Å²) < 4.78 is 0. The highest BCUT2D eigenvalue weighted by atomic mass is 16.3. The molecule has 23 N–H and O–H groups in total. The monoisotopic (exact) mass is 1310 g/mol. The topological polar surface area (TPSA) is 556 Å². The molecule has 512 valence electrons. The van der Waals surface area contributed by atoms with Gasteiger partial charge in [-0.05, 0) is 93.4 Å². The minimum absolute atomic E-state index is 0.0555. The zero-order chi connectivity index (χ0) is 69.3. The van der Waals surface area contributed by atoms with Crippen molar-refractivity contribution in [3.05, 3.63) is 96.1 Å². The summed E-state index contributed by atoms with van der Waals surface area (Å²) in [6, 6.07) is -0.163. The molecule has 9 atom stereocenters. The minimum Gasteiger partial charge on any atom is -0.508 e. The van der Waals surface area contributed by atoms with Gasteiger partial charge in [0, 0.05) is 49.5 Å². The molecule has 2 aromatic heterocycles. The van der Waals surface area contributed by atoms with Crippen molar-refractivity contribution < 1.29 is 72.5 Å². The zero-order valence-corrected chi connectivity index (χ0v) is 52.5. The smallest absolute Gasteiger partial charge is 0.243 e. The molecule has 2 aromatic carbocycles. The van der Waals surface area contributed by atoms with Crippen molar-refractivity contribution in [1.82, 2.24) is 78.4 Å². The number of phenolic OH excluding ortho intramolecular Hbond substituents is 2. The second kappa shape index (κ2) is 39.8. The third-order valence-corrected chi connectivity index (χ3v) is 14.4. The van der Waals surface area contributed by atoms with E-state index < -0.39 is 157 Å². The fraction of sp³-hybridized carbons (Fsp3) is 0.483. The van der Waals surface area contributed by atoms with Crippen molar-refractivity contribution in [3.8, 4) is 11.5 Å². The first-order valence-corrected chi connectivity index (χ1v) is 30.4. The molecule has 0 radical (unpaired) electrons. The Balaban J connectivity index is 1.37. The Morgan fingerprint density at radius 3 is 1.43 bits per heavy atom. The maximum Gasteiger partial charge on any atom is 0.243 e. The number of nitrogens with two attached hydrogens (primary N) is 4. The first-order chi connectivity index (χ1) is 44.8. The van der Waals surface area contributed by atoms with E-state index in [0.717, 1.165) is 0 Å². The number of hydrogen-bond donors (Lipinski definition) is 19. The Morgan fingerprint density at radius 1 is 0.489 bits per heavy atom. The van der Waals surface area contributed by atoms with Crippen molar-refractivity contribution in [2.24, 2.45) is 28.9 Å². The average molecular weight is 1310 g/mol. The van der Waals surface area contributed by atoms with E-state index in [2.05, 4.69) is 78.4 Å². The molecule has 34 heteroatoms. The molecule has 9 unspecified atom stereocenters. The number of H-pyrrole nitrogens is 2. The van der Waals surface area contributed by atoms with E-state index in [0.29, 0.717) is 67.6 Å². The number of nitrogens with zero attached hydrogens (tertiary/aromatic N) is 2. The molecular formula is C60H87N19O15. The number of benzene rings is 2. The molecule has 34 nitrogen and oxygen atoms in total. The van der Waals surface area contributed by atoms with Crippen LogP contribution in [0.4, 0.5) is 0 Å². The molecule has 12 amide bonds. The van der Waals surface area contributed by atoms with Crippen LogP contribution in [0.3, 0.4) is 0 Å². The van der Waals surface area contributed by atoms with Gasteiger partial charge in [-0.2, -0.15) is 0 Å². The summed E-state index contributed by atoms with van der Waals surface area (Å²) in [6.07, 6.45) is 7.49. The Bertz CT molecular complexity index is 3150.